The van der Waals surface area contributed by atoms with Gasteiger partial charge in [0, 0.05) is 18.7 Å². The molecule has 1 N–H and O–H groups in total. The molecule has 18 heavy (non-hydrogen) atoms. The molecule has 0 aromatic carbocycles. The summed E-state index contributed by atoms with van der Waals surface area (Å²) in [6.07, 6.45) is 6.76. The van der Waals surface area contributed by atoms with Crippen LogP contribution in [0.25, 0.3) is 0 Å². The molecule has 0 spiro atoms. The van der Waals surface area contributed by atoms with Crippen LogP contribution in [-0.4, -0.2) is 25.3 Å². The molecule has 1 fully saturated rings. The van der Waals surface area contributed by atoms with Crippen molar-refractivity contribution in [2.75, 3.05) is 13.2 Å². The lowest BCUT2D eigenvalue weighted by atomic mass is 9.69. The molecule has 0 radical (unpaired) electrons. The van der Waals surface area contributed by atoms with Gasteiger partial charge in [0.05, 0.1) is 6.61 Å². The Morgan fingerprint density at radius 1 is 1.17 bits per heavy atom. The van der Waals surface area contributed by atoms with Gasteiger partial charge in [0.15, 0.2) is 0 Å². The summed E-state index contributed by atoms with van der Waals surface area (Å²) in [5.41, 5.74) is 0.530. The van der Waals surface area contributed by atoms with Gasteiger partial charge in [0.25, 0.3) is 0 Å². The van der Waals surface area contributed by atoms with Crippen molar-refractivity contribution >= 4 is 0 Å². The van der Waals surface area contributed by atoms with Crippen molar-refractivity contribution in [1.29, 1.82) is 0 Å². The molecule has 0 heterocycles. The van der Waals surface area contributed by atoms with Gasteiger partial charge in [0.2, 0.25) is 0 Å². The first kappa shape index (κ1) is 16.0. The van der Waals surface area contributed by atoms with Gasteiger partial charge in [-0.3, -0.25) is 0 Å². The Hall–Kier alpha value is -0.0800. The van der Waals surface area contributed by atoms with E-state index in [0.717, 1.165) is 19.1 Å². The zero-order chi connectivity index (χ0) is 13.6. The Kier molecular flexibility index (Phi) is 6.65. The van der Waals surface area contributed by atoms with Crippen molar-refractivity contribution in [2.45, 2.75) is 78.8 Å². The van der Waals surface area contributed by atoms with Crippen molar-refractivity contribution in [3.63, 3.8) is 0 Å². The fourth-order valence-corrected chi connectivity index (χ4v) is 3.08. The molecule has 0 aromatic heterocycles. The van der Waals surface area contributed by atoms with Crippen LogP contribution in [0.3, 0.4) is 0 Å². The third kappa shape index (κ3) is 4.89. The first-order valence-electron chi connectivity index (χ1n) is 7.83. The quantitative estimate of drug-likeness (QED) is 0.742. The zero-order valence-corrected chi connectivity index (χ0v) is 13.1. The summed E-state index contributed by atoms with van der Waals surface area (Å²) < 4.78 is 5.47. The van der Waals surface area contributed by atoms with Gasteiger partial charge in [-0.2, -0.15) is 0 Å². The topological polar surface area (TPSA) is 21.3 Å². The molecule has 0 amide bonds. The lowest BCUT2D eigenvalue weighted by Crippen LogP contribution is -2.42. The molecule has 0 aliphatic heterocycles. The highest BCUT2D eigenvalue weighted by Crippen LogP contribution is 2.40. The molecule has 1 saturated carbocycles. The molecule has 1 unspecified atom stereocenters. The molecular formula is C16H33NO. The highest BCUT2D eigenvalue weighted by atomic mass is 16.5. The Bertz CT molecular complexity index is 219. The number of nitrogens with one attached hydrogen (secondary N) is 1. The van der Waals surface area contributed by atoms with Gasteiger partial charge >= 0.3 is 0 Å². The van der Waals surface area contributed by atoms with Crippen molar-refractivity contribution < 1.29 is 4.74 Å². The second-order valence-corrected chi connectivity index (χ2v) is 6.62. The third-order valence-electron chi connectivity index (χ3n) is 4.84. The van der Waals surface area contributed by atoms with Gasteiger partial charge in [-0.05, 0) is 50.9 Å². The maximum atomic E-state index is 5.47. The molecule has 2 nitrogen and oxygen atoms in total. The van der Waals surface area contributed by atoms with Gasteiger partial charge in [0.1, 0.15) is 0 Å². The van der Waals surface area contributed by atoms with Crippen LogP contribution in [0, 0.1) is 11.3 Å². The summed E-state index contributed by atoms with van der Waals surface area (Å²) in [6.45, 7) is 13.2. The third-order valence-corrected chi connectivity index (χ3v) is 4.84. The fourth-order valence-electron chi connectivity index (χ4n) is 3.08. The highest BCUT2D eigenvalue weighted by molar-refractivity contribution is 4.85. The van der Waals surface area contributed by atoms with Crippen molar-refractivity contribution in [2.24, 2.45) is 11.3 Å². The van der Waals surface area contributed by atoms with Crippen LogP contribution in [0.4, 0.5) is 0 Å². The summed E-state index contributed by atoms with van der Waals surface area (Å²) in [4.78, 5) is 0. The monoisotopic (exact) mass is 255 g/mol. The Morgan fingerprint density at radius 2 is 1.78 bits per heavy atom. The van der Waals surface area contributed by atoms with E-state index in [-0.39, 0.29) is 0 Å². The summed E-state index contributed by atoms with van der Waals surface area (Å²) in [7, 11) is 0. The van der Waals surface area contributed by atoms with Gasteiger partial charge < -0.3 is 10.1 Å². The van der Waals surface area contributed by atoms with E-state index < -0.39 is 0 Å². The van der Waals surface area contributed by atoms with Gasteiger partial charge in [-0.25, -0.2) is 0 Å². The Morgan fingerprint density at radius 3 is 2.28 bits per heavy atom. The second kappa shape index (κ2) is 7.49. The van der Waals surface area contributed by atoms with Crippen LogP contribution in [-0.2, 0) is 4.74 Å². The predicted molar refractivity (Wildman–Crippen MR) is 78.9 cm³/mol. The molecule has 1 aliphatic carbocycles. The largest absolute Gasteiger partial charge is 0.380 e. The van der Waals surface area contributed by atoms with Crippen molar-refractivity contribution in [3.8, 4) is 0 Å². The summed E-state index contributed by atoms with van der Waals surface area (Å²) in [5.74, 6) is 0.919. The number of hydrogen-bond acceptors (Lipinski definition) is 2. The van der Waals surface area contributed by atoms with Crippen LogP contribution in [0.15, 0.2) is 0 Å². The number of hydrogen-bond donors (Lipinski definition) is 1. The molecule has 2 heteroatoms. The standard InChI is InChI=1S/C16H33NO/c1-6-16(4,5)14-8-10-15(11-9-14)17-13(3)12-18-7-2/h13-15,17H,6-12H2,1-5H3. The molecule has 0 aromatic rings. The van der Waals surface area contributed by atoms with Crippen LogP contribution in [0.5, 0.6) is 0 Å². The summed E-state index contributed by atoms with van der Waals surface area (Å²) in [6, 6.07) is 1.20. The van der Waals surface area contributed by atoms with Gasteiger partial charge in [-0.1, -0.05) is 27.2 Å². The van der Waals surface area contributed by atoms with E-state index in [1.165, 1.54) is 32.1 Å². The maximum absolute atomic E-state index is 5.47. The summed E-state index contributed by atoms with van der Waals surface area (Å²) in [5, 5.41) is 3.72. The molecule has 108 valence electrons. The molecule has 1 rings (SSSR count). The van der Waals surface area contributed by atoms with E-state index >= 15 is 0 Å². The Labute approximate surface area is 114 Å². The van der Waals surface area contributed by atoms with Gasteiger partial charge in [-0.15, -0.1) is 0 Å². The van der Waals surface area contributed by atoms with Crippen LogP contribution in [0.2, 0.25) is 0 Å². The minimum absolute atomic E-state index is 0.491. The van der Waals surface area contributed by atoms with E-state index in [1.54, 1.807) is 0 Å². The van der Waals surface area contributed by atoms with Crippen LogP contribution < -0.4 is 5.32 Å². The average molecular weight is 255 g/mol. The number of ether oxygens (including phenoxy) is 1. The van der Waals surface area contributed by atoms with E-state index in [9.17, 15) is 0 Å². The summed E-state index contributed by atoms with van der Waals surface area (Å²) >= 11 is 0. The first-order chi connectivity index (χ1) is 8.49. The van der Waals surface area contributed by atoms with Crippen LogP contribution in [0.1, 0.15) is 66.7 Å². The van der Waals surface area contributed by atoms with Crippen LogP contribution >= 0.6 is 0 Å². The molecular weight excluding hydrogens is 222 g/mol. The normalized spacial score (nSPS) is 27.2. The molecule has 0 saturated heterocycles. The van der Waals surface area contributed by atoms with E-state index in [2.05, 4.69) is 39.9 Å². The average Bonchev–Trinajstić information content (AvgIpc) is 2.37. The minimum Gasteiger partial charge on any atom is -0.380 e. The van der Waals surface area contributed by atoms with Crippen molar-refractivity contribution in [1.82, 2.24) is 5.32 Å². The predicted octanol–water partition coefficient (Wildman–Crippen LogP) is 4.00. The number of rotatable bonds is 7. The lowest BCUT2D eigenvalue weighted by molar-refractivity contribution is 0.106. The Balaban J connectivity index is 2.27. The van der Waals surface area contributed by atoms with E-state index in [0.29, 0.717) is 17.5 Å². The first-order valence-corrected chi connectivity index (χ1v) is 7.83. The highest BCUT2D eigenvalue weighted by Gasteiger charge is 2.31. The smallest absolute Gasteiger partial charge is 0.0616 e. The fraction of sp³-hybridized carbons (Fsp3) is 1.00. The molecule has 0 bridgehead atoms. The zero-order valence-electron chi connectivity index (χ0n) is 13.1. The van der Waals surface area contributed by atoms with E-state index in [4.69, 9.17) is 4.74 Å². The SMILES string of the molecule is CCOCC(C)NC1CCC(C(C)(C)CC)CC1. The second-order valence-electron chi connectivity index (χ2n) is 6.62. The molecule has 1 aliphatic rings. The minimum atomic E-state index is 0.491. The van der Waals surface area contributed by atoms with E-state index in [1.807, 2.05) is 0 Å². The van der Waals surface area contributed by atoms with Crippen molar-refractivity contribution in [3.05, 3.63) is 0 Å². The lowest BCUT2D eigenvalue weighted by Gasteiger charge is -2.39. The maximum Gasteiger partial charge on any atom is 0.0616 e. The molecule has 1 atom stereocenters.